The van der Waals surface area contributed by atoms with Gasteiger partial charge in [0.15, 0.2) is 11.5 Å². The molecule has 1 aliphatic heterocycles. The summed E-state index contributed by atoms with van der Waals surface area (Å²) in [5, 5.41) is 0. The van der Waals surface area contributed by atoms with Crippen molar-refractivity contribution in [3.8, 4) is 11.5 Å². The Balaban J connectivity index is 1.88. The van der Waals surface area contributed by atoms with E-state index < -0.39 is 0 Å². The number of methoxy groups -OCH3 is 2. The largest absolute Gasteiger partial charge is 0.493 e. The van der Waals surface area contributed by atoms with Crippen LogP contribution in [0.25, 0.3) is 6.08 Å². The summed E-state index contributed by atoms with van der Waals surface area (Å²) in [6.45, 7) is 0.793. The first-order valence-corrected chi connectivity index (χ1v) is 8.37. The second kappa shape index (κ2) is 7.43. The van der Waals surface area contributed by atoms with E-state index in [2.05, 4.69) is 52.4 Å². The van der Waals surface area contributed by atoms with Gasteiger partial charge < -0.3 is 14.4 Å². The van der Waals surface area contributed by atoms with Crippen LogP contribution in [0.1, 0.15) is 16.7 Å². The Bertz CT molecular complexity index is 805. The summed E-state index contributed by atoms with van der Waals surface area (Å²) in [5.74, 6) is 1.50. The second-order valence-electron chi connectivity index (χ2n) is 6.20. The Morgan fingerprint density at radius 2 is 1.64 bits per heavy atom. The van der Waals surface area contributed by atoms with Crippen LogP contribution in [-0.2, 0) is 6.42 Å². The maximum Gasteiger partial charge on any atom is 0.161 e. The van der Waals surface area contributed by atoms with E-state index in [-0.39, 0.29) is 0 Å². The molecule has 0 fully saturated rings. The summed E-state index contributed by atoms with van der Waals surface area (Å²) in [7, 11) is 7.41. The molecule has 0 radical (unpaired) electrons. The lowest BCUT2D eigenvalue weighted by molar-refractivity contribution is 0.354. The molecule has 1 heterocycles. The Kier molecular flexibility index (Phi) is 5.08. The monoisotopic (exact) mass is 336 g/mol. The molecule has 2 aromatic carbocycles. The Morgan fingerprint density at radius 3 is 2.28 bits per heavy atom. The third-order valence-corrected chi connectivity index (χ3v) is 4.39. The SMILES string of the molecule is COc1cc2c(cc1OC)C(/C=C/c1ccc(N(C)C)cc1)=NCC2. The molecule has 0 saturated carbocycles. The molecule has 4 heteroatoms. The number of fused-ring (bicyclic) bond motifs is 1. The van der Waals surface area contributed by atoms with Crippen LogP contribution in [0.4, 0.5) is 5.69 Å². The average molecular weight is 336 g/mol. The predicted molar refractivity (Wildman–Crippen MR) is 104 cm³/mol. The summed E-state index contributed by atoms with van der Waals surface area (Å²) in [5.41, 5.74) is 5.69. The number of benzene rings is 2. The van der Waals surface area contributed by atoms with Crippen LogP contribution < -0.4 is 14.4 Å². The van der Waals surface area contributed by atoms with Gasteiger partial charge in [-0.3, -0.25) is 4.99 Å². The Morgan fingerprint density at radius 1 is 0.960 bits per heavy atom. The van der Waals surface area contributed by atoms with Gasteiger partial charge in [-0.05, 0) is 47.9 Å². The number of hydrogen-bond acceptors (Lipinski definition) is 4. The van der Waals surface area contributed by atoms with Gasteiger partial charge in [0.05, 0.1) is 19.9 Å². The van der Waals surface area contributed by atoms with Crippen molar-refractivity contribution >= 4 is 17.5 Å². The normalized spacial score (nSPS) is 13.4. The highest BCUT2D eigenvalue weighted by Crippen LogP contribution is 2.32. The first-order valence-electron chi connectivity index (χ1n) is 8.37. The van der Waals surface area contributed by atoms with E-state index in [4.69, 9.17) is 9.47 Å². The third kappa shape index (κ3) is 3.68. The minimum absolute atomic E-state index is 0.736. The van der Waals surface area contributed by atoms with Crippen LogP contribution in [0.15, 0.2) is 47.5 Å². The van der Waals surface area contributed by atoms with Crippen LogP contribution in [-0.4, -0.2) is 40.6 Å². The number of aliphatic imine (C=N–C) groups is 1. The molecule has 0 spiro atoms. The first kappa shape index (κ1) is 17.1. The molecule has 130 valence electrons. The van der Waals surface area contributed by atoms with E-state index in [9.17, 15) is 0 Å². The topological polar surface area (TPSA) is 34.1 Å². The van der Waals surface area contributed by atoms with Crippen molar-refractivity contribution in [3.05, 3.63) is 59.2 Å². The maximum absolute atomic E-state index is 5.44. The van der Waals surface area contributed by atoms with E-state index in [0.29, 0.717) is 0 Å². The molecule has 0 atom stereocenters. The van der Waals surface area contributed by atoms with Crippen molar-refractivity contribution in [2.75, 3.05) is 39.8 Å². The van der Waals surface area contributed by atoms with Crippen LogP contribution in [0, 0.1) is 0 Å². The van der Waals surface area contributed by atoms with Gasteiger partial charge in [0.1, 0.15) is 0 Å². The fourth-order valence-electron chi connectivity index (χ4n) is 2.95. The summed E-state index contributed by atoms with van der Waals surface area (Å²) in [6, 6.07) is 12.5. The van der Waals surface area contributed by atoms with Crippen molar-refractivity contribution in [3.63, 3.8) is 0 Å². The number of rotatable bonds is 5. The quantitative estimate of drug-likeness (QED) is 0.832. The minimum Gasteiger partial charge on any atom is -0.493 e. The van der Waals surface area contributed by atoms with E-state index in [0.717, 1.165) is 41.3 Å². The predicted octanol–water partition coefficient (Wildman–Crippen LogP) is 3.83. The summed E-state index contributed by atoms with van der Waals surface area (Å²) >= 11 is 0. The Labute approximate surface area is 149 Å². The van der Waals surface area contributed by atoms with Crippen LogP contribution in [0.5, 0.6) is 11.5 Å². The molecule has 0 saturated heterocycles. The molecule has 4 nitrogen and oxygen atoms in total. The van der Waals surface area contributed by atoms with E-state index in [1.807, 2.05) is 20.2 Å². The maximum atomic E-state index is 5.44. The van der Waals surface area contributed by atoms with Crippen molar-refractivity contribution in [1.29, 1.82) is 0 Å². The highest BCUT2D eigenvalue weighted by atomic mass is 16.5. The molecule has 0 N–H and O–H groups in total. The number of hydrogen-bond donors (Lipinski definition) is 0. The zero-order valence-corrected chi connectivity index (χ0v) is 15.2. The lowest BCUT2D eigenvalue weighted by Gasteiger charge is -2.18. The number of ether oxygens (including phenoxy) is 2. The first-order chi connectivity index (χ1) is 12.1. The van der Waals surface area contributed by atoms with Gasteiger partial charge in [0.25, 0.3) is 0 Å². The van der Waals surface area contributed by atoms with Crippen LogP contribution >= 0.6 is 0 Å². The van der Waals surface area contributed by atoms with Gasteiger partial charge >= 0.3 is 0 Å². The number of anilines is 1. The lowest BCUT2D eigenvalue weighted by atomic mass is 9.96. The molecular formula is C21H24N2O2. The molecule has 0 bridgehead atoms. The van der Waals surface area contributed by atoms with Gasteiger partial charge in [-0.1, -0.05) is 18.2 Å². The van der Waals surface area contributed by atoms with Crippen molar-refractivity contribution in [2.24, 2.45) is 4.99 Å². The Hall–Kier alpha value is -2.75. The second-order valence-corrected chi connectivity index (χ2v) is 6.20. The summed E-state index contributed by atoms with van der Waals surface area (Å²) < 4.78 is 10.9. The molecular weight excluding hydrogens is 312 g/mol. The van der Waals surface area contributed by atoms with Crippen molar-refractivity contribution < 1.29 is 9.47 Å². The fourth-order valence-corrected chi connectivity index (χ4v) is 2.95. The molecule has 3 rings (SSSR count). The highest BCUT2D eigenvalue weighted by molar-refractivity contribution is 6.12. The molecule has 25 heavy (non-hydrogen) atoms. The van der Waals surface area contributed by atoms with Crippen molar-refractivity contribution in [2.45, 2.75) is 6.42 Å². The standard InChI is InChI=1S/C21H24N2O2/c1-23(2)17-8-5-15(6-9-17)7-10-19-18-14-21(25-4)20(24-3)13-16(18)11-12-22-19/h5-10,13-14H,11-12H2,1-4H3/b10-7+. The van der Waals surface area contributed by atoms with Crippen LogP contribution in [0.2, 0.25) is 0 Å². The van der Waals surface area contributed by atoms with Crippen LogP contribution in [0.3, 0.4) is 0 Å². The van der Waals surface area contributed by atoms with Gasteiger partial charge in [0, 0.05) is 31.9 Å². The van der Waals surface area contributed by atoms with E-state index >= 15 is 0 Å². The number of allylic oxidation sites excluding steroid dienone is 1. The van der Waals surface area contributed by atoms with Gasteiger partial charge in [-0.25, -0.2) is 0 Å². The molecule has 0 unspecified atom stereocenters. The summed E-state index contributed by atoms with van der Waals surface area (Å²) in [6.07, 6.45) is 5.10. The molecule has 0 aromatic heterocycles. The zero-order valence-electron chi connectivity index (χ0n) is 15.2. The average Bonchev–Trinajstić information content (AvgIpc) is 2.65. The molecule has 1 aliphatic rings. The van der Waals surface area contributed by atoms with Gasteiger partial charge in [-0.15, -0.1) is 0 Å². The van der Waals surface area contributed by atoms with Crippen molar-refractivity contribution in [1.82, 2.24) is 0 Å². The smallest absolute Gasteiger partial charge is 0.161 e. The van der Waals surface area contributed by atoms with E-state index in [1.54, 1.807) is 14.2 Å². The zero-order chi connectivity index (χ0) is 17.8. The molecule has 2 aromatic rings. The van der Waals surface area contributed by atoms with Gasteiger partial charge in [0.2, 0.25) is 0 Å². The third-order valence-electron chi connectivity index (χ3n) is 4.39. The molecule has 0 amide bonds. The highest BCUT2D eigenvalue weighted by Gasteiger charge is 2.16. The fraction of sp³-hybridized carbons (Fsp3) is 0.286. The molecule has 0 aliphatic carbocycles. The lowest BCUT2D eigenvalue weighted by Crippen LogP contribution is -2.11. The number of nitrogens with zero attached hydrogens (tertiary/aromatic N) is 2. The van der Waals surface area contributed by atoms with E-state index in [1.165, 1.54) is 11.3 Å². The summed E-state index contributed by atoms with van der Waals surface area (Å²) in [4.78, 5) is 6.78. The van der Waals surface area contributed by atoms with Gasteiger partial charge in [-0.2, -0.15) is 0 Å². The minimum atomic E-state index is 0.736.